The Morgan fingerprint density at radius 3 is 1.29 bits per heavy atom. The number of azo groups is 1. The van der Waals surface area contributed by atoms with Gasteiger partial charge >= 0.3 is 11.9 Å². The summed E-state index contributed by atoms with van der Waals surface area (Å²) in [6.07, 6.45) is 0. The van der Waals surface area contributed by atoms with Gasteiger partial charge in [-0.15, -0.1) is 10.2 Å². The Morgan fingerprint density at radius 1 is 0.442 bits per heavy atom. The van der Waals surface area contributed by atoms with Gasteiger partial charge in [-0.3, -0.25) is 0 Å². The number of benzene rings is 6. The summed E-state index contributed by atoms with van der Waals surface area (Å²) in [5, 5.41) is 51.8. The summed E-state index contributed by atoms with van der Waals surface area (Å²) in [6.45, 7) is 0. The van der Waals surface area contributed by atoms with Crippen LogP contribution >= 0.6 is 0 Å². The molecule has 2 atom stereocenters. The first kappa shape index (κ1) is 29.6. The van der Waals surface area contributed by atoms with Gasteiger partial charge in [0.15, 0.2) is 11.2 Å². The summed E-state index contributed by atoms with van der Waals surface area (Å²) in [5.74, 6) is -1.35. The molecule has 12 heteroatoms. The van der Waals surface area contributed by atoms with Gasteiger partial charge in [0.2, 0.25) is 0 Å². The Morgan fingerprint density at radius 2 is 0.846 bits per heavy atom. The fraction of sp³-hybridized carbons (Fsp3) is 0.0500. The standard InChI is InChI=1S/C40H22N2O10/c43-19-9-11-27-31(15-19)49-33-17-21(45)13-29(35(33)39(27)25-7-3-1-5-23(25)37(47)51-39)41-42-30-14-22(46)18-34-36(30)40(28-12-10-20(44)16-32(28)50-34)26-8-4-2-6-24(26)38(48)52-40/h1-18,43-46H. The Kier molecular flexibility index (Phi) is 5.75. The van der Waals surface area contributed by atoms with Crippen molar-refractivity contribution in [2.45, 2.75) is 11.2 Å². The highest BCUT2D eigenvalue weighted by Gasteiger charge is 2.56. The van der Waals surface area contributed by atoms with Crippen LogP contribution < -0.4 is 9.47 Å². The third kappa shape index (κ3) is 3.80. The maximum Gasteiger partial charge on any atom is 0.340 e. The quantitative estimate of drug-likeness (QED) is 0.103. The molecule has 0 amide bonds. The zero-order chi connectivity index (χ0) is 35.5. The second-order valence-electron chi connectivity index (χ2n) is 12.7. The molecule has 2 unspecified atom stereocenters. The largest absolute Gasteiger partial charge is 0.508 e. The van der Waals surface area contributed by atoms with Gasteiger partial charge in [-0.1, -0.05) is 36.4 Å². The highest BCUT2D eigenvalue weighted by atomic mass is 16.6. The molecule has 6 aromatic rings. The van der Waals surface area contributed by atoms with Gasteiger partial charge in [0, 0.05) is 58.7 Å². The first-order valence-corrected chi connectivity index (χ1v) is 16.0. The normalized spacial score (nSPS) is 19.8. The van der Waals surface area contributed by atoms with E-state index in [0.717, 1.165) is 0 Å². The van der Waals surface area contributed by atoms with Crippen molar-refractivity contribution < 1.29 is 49.0 Å². The molecule has 52 heavy (non-hydrogen) atoms. The number of nitrogens with zero attached hydrogens (tertiary/aromatic N) is 2. The molecule has 0 aliphatic carbocycles. The Labute approximate surface area is 293 Å². The molecule has 6 aromatic carbocycles. The number of phenolic OH excluding ortho intramolecular Hbond substituents is 4. The molecule has 0 bridgehead atoms. The fourth-order valence-electron chi connectivity index (χ4n) is 7.79. The molecule has 0 saturated heterocycles. The molecule has 252 valence electrons. The van der Waals surface area contributed by atoms with Crippen LogP contribution in [0.1, 0.15) is 54.1 Å². The summed E-state index contributed by atoms with van der Waals surface area (Å²) in [7, 11) is 0. The van der Waals surface area contributed by atoms with Crippen LogP contribution in [0.25, 0.3) is 0 Å². The maximum absolute atomic E-state index is 13.5. The lowest BCUT2D eigenvalue weighted by Crippen LogP contribution is -2.33. The molecular weight excluding hydrogens is 668 g/mol. The number of phenols is 4. The van der Waals surface area contributed by atoms with Crippen LogP contribution in [-0.4, -0.2) is 32.4 Å². The number of esters is 2. The van der Waals surface area contributed by atoms with Crippen LogP contribution in [-0.2, 0) is 20.7 Å². The SMILES string of the molecule is O=C1OC2(c3ccc(O)cc3Oc3cc(O)cc(N=Nc4cc(O)cc5c4C4(OC(=O)c6ccccc64)c4ccc(O)cc4O5)c32)c2ccccc21. The topological polar surface area (TPSA) is 177 Å². The molecule has 0 radical (unpaired) electrons. The zero-order valence-corrected chi connectivity index (χ0v) is 26.5. The van der Waals surface area contributed by atoms with Crippen molar-refractivity contribution in [1.29, 1.82) is 0 Å². The monoisotopic (exact) mass is 690 g/mol. The fourth-order valence-corrected chi connectivity index (χ4v) is 7.79. The lowest BCUT2D eigenvalue weighted by Gasteiger charge is -2.37. The van der Waals surface area contributed by atoms with Crippen molar-refractivity contribution in [3.63, 3.8) is 0 Å². The Bertz CT molecular complexity index is 2470. The van der Waals surface area contributed by atoms with Crippen molar-refractivity contribution >= 4 is 23.3 Å². The minimum Gasteiger partial charge on any atom is -0.508 e. The van der Waals surface area contributed by atoms with Crippen LogP contribution in [0, 0.1) is 0 Å². The predicted molar refractivity (Wildman–Crippen MR) is 180 cm³/mol. The third-order valence-electron chi connectivity index (χ3n) is 9.77. The van der Waals surface area contributed by atoms with E-state index in [-0.39, 0.29) is 68.5 Å². The van der Waals surface area contributed by atoms with Crippen LogP contribution in [0.2, 0.25) is 0 Å². The second kappa shape index (κ2) is 10.1. The molecule has 0 saturated carbocycles. The molecule has 4 N–H and O–H groups in total. The average molecular weight is 691 g/mol. The number of aromatic hydroxyl groups is 4. The minimum absolute atomic E-state index is 0.0373. The number of rotatable bonds is 2. The van der Waals surface area contributed by atoms with Crippen LogP contribution in [0.5, 0.6) is 46.0 Å². The van der Waals surface area contributed by atoms with Gasteiger partial charge in [-0.25, -0.2) is 9.59 Å². The van der Waals surface area contributed by atoms with Crippen molar-refractivity contribution in [1.82, 2.24) is 0 Å². The molecule has 4 heterocycles. The molecule has 10 rings (SSSR count). The summed E-state index contributed by atoms with van der Waals surface area (Å²) in [6, 6.07) is 27.9. The van der Waals surface area contributed by atoms with E-state index in [9.17, 15) is 30.0 Å². The zero-order valence-electron chi connectivity index (χ0n) is 26.5. The second-order valence-corrected chi connectivity index (χ2v) is 12.7. The van der Waals surface area contributed by atoms with E-state index in [2.05, 4.69) is 10.2 Å². The van der Waals surface area contributed by atoms with Gasteiger partial charge in [0.05, 0.1) is 22.3 Å². The van der Waals surface area contributed by atoms with Gasteiger partial charge < -0.3 is 39.4 Å². The van der Waals surface area contributed by atoms with Crippen molar-refractivity contribution in [2.24, 2.45) is 10.2 Å². The number of hydrogen-bond donors (Lipinski definition) is 4. The van der Waals surface area contributed by atoms with E-state index >= 15 is 0 Å². The molecule has 4 aliphatic heterocycles. The van der Waals surface area contributed by atoms with Gasteiger partial charge in [-0.05, 0) is 36.4 Å². The van der Waals surface area contributed by atoms with E-state index < -0.39 is 23.1 Å². The predicted octanol–water partition coefficient (Wildman–Crippen LogP) is 8.06. The number of ether oxygens (including phenoxy) is 4. The van der Waals surface area contributed by atoms with E-state index in [1.165, 1.54) is 48.5 Å². The van der Waals surface area contributed by atoms with E-state index in [4.69, 9.17) is 18.9 Å². The Balaban J connectivity index is 1.22. The number of hydrogen-bond acceptors (Lipinski definition) is 12. The Hall–Kier alpha value is -7.34. The van der Waals surface area contributed by atoms with Crippen molar-refractivity contribution in [3.8, 4) is 46.0 Å². The van der Waals surface area contributed by atoms with E-state index in [0.29, 0.717) is 33.4 Å². The summed E-state index contributed by atoms with van der Waals surface area (Å²) in [5.41, 5.74) is -0.338. The van der Waals surface area contributed by atoms with Crippen LogP contribution in [0.15, 0.2) is 119 Å². The maximum atomic E-state index is 13.5. The molecular formula is C40H22N2O10. The lowest BCUT2D eigenvalue weighted by molar-refractivity contribution is 0.0215. The van der Waals surface area contributed by atoms with Crippen LogP contribution in [0.3, 0.4) is 0 Å². The van der Waals surface area contributed by atoms with Crippen LogP contribution in [0.4, 0.5) is 11.4 Å². The van der Waals surface area contributed by atoms with Gasteiger partial charge in [0.1, 0.15) is 57.4 Å². The molecule has 0 fully saturated rings. The highest BCUT2D eigenvalue weighted by molar-refractivity contribution is 5.98. The highest BCUT2D eigenvalue weighted by Crippen LogP contribution is 2.62. The number of carbonyl (C=O) groups is 2. The smallest absolute Gasteiger partial charge is 0.340 e. The molecule has 4 aliphatic rings. The van der Waals surface area contributed by atoms with Gasteiger partial charge in [0.25, 0.3) is 0 Å². The molecule has 2 spiro atoms. The summed E-state index contributed by atoms with van der Waals surface area (Å²) < 4.78 is 24.9. The van der Waals surface area contributed by atoms with Gasteiger partial charge in [-0.2, -0.15) is 0 Å². The first-order valence-electron chi connectivity index (χ1n) is 16.0. The molecule has 0 aromatic heterocycles. The van der Waals surface area contributed by atoms with Crippen molar-refractivity contribution in [2.75, 3.05) is 0 Å². The third-order valence-corrected chi connectivity index (χ3v) is 9.77. The van der Waals surface area contributed by atoms with E-state index in [1.54, 1.807) is 60.7 Å². The molecule has 12 nitrogen and oxygen atoms in total. The summed E-state index contributed by atoms with van der Waals surface area (Å²) in [4.78, 5) is 26.9. The minimum atomic E-state index is -1.63. The number of carbonyl (C=O) groups excluding carboxylic acids is 2. The lowest BCUT2D eigenvalue weighted by atomic mass is 9.76. The average Bonchev–Trinajstić information content (AvgIpc) is 3.57. The first-order chi connectivity index (χ1) is 25.2. The number of fused-ring (bicyclic) bond motifs is 12. The van der Waals surface area contributed by atoms with Crippen molar-refractivity contribution in [3.05, 3.63) is 154 Å². The summed E-state index contributed by atoms with van der Waals surface area (Å²) >= 11 is 0. The van der Waals surface area contributed by atoms with E-state index in [1.807, 2.05) is 0 Å².